The third kappa shape index (κ3) is 3.43. The van der Waals surface area contributed by atoms with Crippen molar-refractivity contribution in [3.63, 3.8) is 0 Å². The number of hydrogen-bond donors (Lipinski definition) is 2. The minimum atomic E-state index is -0.00890. The molecule has 5 fully saturated rings. The first-order valence-electron chi connectivity index (χ1n) is 11.1. The molecule has 0 aromatic heterocycles. The van der Waals surface area contributed by atoms with Crippen LogP contribution >= 0.6 is 11.6 Å². The number of nitrogens with zero attached hydrogens (tertiary/aromatic N) is 1. The van der Waals surface area contributed by atoms with E-state index in [4.69, 9.17) is 11.6 Å². The van der Waals surface area contributed by atoms with Crippen molar-refractivity contribution in [1.29, 1.82) is 0 Å². The molecular weight excluding hydrogens is 370 g/mol. The third-order valence-corrected chi connectivity index (χ3v) is 8.15. The fourth-order valence-corrected chi connectivity index (χ4v) is 7.16. The SMILES string of the molecule is CC1CNCCN1c1ccc(Cl)c(C(=O)NCC23CC4CC(CC(C4)C2)C3)c1. The quantitative estimate of drug-likeness (QED) is 0.798. The summed E-state index contributed by atoms with van der Waals surface area (Å²) in [6.45, 7) is 5.93. The number of piperazine rings is 1. The van der Waals surface area contributed by atoms with Crippen LogP contribution in [0.1, 0.15) is 55.8 Å². The number of benzene rings is 1. The van der Waals surface area contributed by atoms with Gasteiger partial charge in [0.1, 0.15) is 0 Å². The van der Waals surface area contributed by atoms with Gasteiger partial charge in [0.15, 0.2) is 0 Å². The zero-order chi connectivity index (χ0) is 19.3. The van der Waals surface area contributed by atoms with Crippen molar-refractivity contribution in [2.45, 2.75) is 51.5 Å². The van der Waals surface area contributed by atoms with Crippen molar-refractivity contribution in [3.05, 3.63) is 28.8 Å². The summed E-state index contributed by atoms with van der Waals surface area (Å²) in [6, 6.07) is 6.32. The van der Waals surface area contributed by atoms with E-state index in [0.717, 1.165) is 49.6 Å². The Kier molecular flexibility index (Phi) is 4.83. The smallest absolute Gasteiger partial charge is 0.252 e. The largest absolute Gasteiger partial charge is 0.366 e. The number of carbonyl (C=O) groups excluding carboxylic acids is 1. The molecule has 4 bridgehead atoms. The van der Waals surface area contributed by atoms with E-state index in [2.05, 4.69) is 22.5 Å². The van der Waals surface area contributed by atoms with Gasteiger partial charge in [-0.15, -0.1) is 0 Å². The highest BCUT2D eigenvalue weighted by atomic mass is 35.5. The standard InChI is InChI=1S/C23H32ClN3O/c1-15-13-25-4-5-27(15)19-2-3-21(24)20(9-19)22(28)26-14-23-10-16-6-17(11-23)8-18(7-16)12-23/h2-3,9,15-18,25H,4-8,10-14H2,1H3,(H,26,28). The summed E-state index contributed by atoms with van der Waals surface area (Å²) in [5, 5.41) is 7.25. The lowest BCUT2D eigenvalue weighted by Crippen LogP contribution is -2.51. The number of rotatable bonds is 4. The van der Waals surface area contributed by atoms with Crippen LogP contribution in [0, 0.1) is 23.2 Å². The van der Waals surface area contributed by atoms with Crippen LogP contribution in [0.4, 0.5) is 5.69 Å². The maximum atomic E-state index is 13.0. The summed E-state index contributed by atoms with van der Waals surface area (Å²) in [5.74, 6) is 2.71. The summed E-state index contributed by atoms with van der Waals surface area (Å²) < 4.78 is 0. The van der Waals surface area contributed by atoms with Crippen LogP contribution in [-0.2, 0) is 0 Å². The molecule has 1 unspecified atom stereocenters. The van der Waals surface area contributed by atoms with E-state index in [9.17, 15) is 4.79 Å². The van der Waals surface area contributed by atoms with Crippen LogP contribution in [0.5, 0.6) is 0 Å². The van der Waals surface area contributed by atoms with Gasteiger partial charge in [0.2, 0.25) is 0 Å². The summed E-state index contributed by atoms with van der Waals surface area (Å²) in [6.07, 6.45) is 8.24. The highest BCUT2D eigenvalue weighted by Crippen LogP contribution is 2.59. The molecule has 28 heavy (non-hydrogen) atoms. The van der Waals surface area contributed by atoms with Gasteiger partial charge in [-0.1, -0.05) is 11.6 Å². The summed E-state index contributed by atoms with van der Waals surface area (Å²) in [4.78, 5) is 15.4. The van der Waals surface area contributed by atoms with E-state index in [1.807, 2.05) is 18.2 Å². The van der Waals surface area contributed by atoms with Gasteiger partial charge in [-0.05, 0) is 86.8 Å². The monoisotopic (exact) mass is 401 g/mol. The number of amides is 1. The van der Waals surface area contributed by atoms with Crippen molar-refractivity contribution in [2.24, 2.45) is 23.2 Å². The second kappa shape index (κ2) is 7.21. The highest BCUT2D eigenvalue weighted by Gasteiger charge is 2.50. The Labute approximate surface area is 173 Å². The molecule has 2 N–H and O–H groups in total. The first-order valence-corrected chi connectivity index (χ1v) is 11.4. The van der Waals surface area contributed by atoms with Gasteiger partial charge < -0.3 is 15.5 Å². The lowest BCUT2D eigenvalue weighted by molar-refractivity contribution is -0.0503. The molecular formula is C23H32ClN3O. The van der Waals surface area contributed by atoms with Gasteiger partial charge >= 0.3 is 0 Å². The van der Waals surface area contributed by atoms with Gasteiger partial charge in [0.05, 0.1) is 10.6 Å². The zero-order valence-electron chi connectivity index (χ0n) is 16.8. The van der Waals surface area contributed by atoms with E-state index in [0.29, 0.717) is 22.0 Å². The molecule has 1 aliphatic heterocycles. The number of anilines is 1. The predicted octanol–water partition coefficient (Wildman–Crippen LogP) is 4.08. The second-order valence-electron chi connectivity index (χ2n) is 10.0. The molecule has 5 aliphatic rings. The van der Waals surface area contributed by atoms with Gasteiger partial charge in [0, 0.05) is 37.9 Å². The van der Waals surface area contributed by atoms with Crippen molar-refractivity contribution >= 4 is 23.2 Å². The molecule has 1 aromatic carbocycles. The highest BCUT2D eigenvalue weighted by molar-refractivity contribution is 6.34. The normalized spacial score (nSPS) is 36.6. The number of carbonyl (C=O) groups is 1. The summed E-state index contributed by atoms with van der Waals surface area (Å²) >= 11 is 6.43. The van der Waals surface area contributed by atoms with E-state index in [1.54, 1.807) is 0 Å². The average Bonchev–Trinajstić information content (AvgIpc) is 2.66. The molecule has 5 heteroatoms. The summed E-state index contributed by atoms with van der Waals surface area (Å²) in [7, 11) is 0. The Bertz CT molecular complexity index is 729. The fraction of sp³-hybridized carbons (Fsp3) is 0.696. The Morgan fingerprint density at radius 2 is 1.89 bits per heavy atom. The topological polar surface area (TPSA) is 44.4 Å². The van der Waals surface area contributed by atoms with E-state index < -0.39 is 0 Å². The molecule has 0 spiro atoms. The molecule has 1 aromatic rings. The lowest BCUT2D eigenvalue weighted by Gasteiger charge is -2.56. The second-order valence-corrected chi connectivity index (χ2v) is 10.4. The van der Waals surface area contributed by atoms with Crippen molar-refractivity contribution in [2.75, 3.05) is 31.1 Å². The molecule has 4 saturated carbocycles. The van der Waals surface area contributed by atoms with Crippen LogP contribution in [-0.4, -0.2) is 38.1 Å². The van der Waals surface area contributed by atoms with E-state index in [-0.39, 0.29) is 5.91 Å². The number of nitrogens with one attached hydrogen (secondary N) is 2. The number of hydrogen-bond acceptors (Lipinski definition) is 3. The molecule has 6 rings (SSSR count). The van der Waals surface area contributed by atoms with Crippen LogP contribution < -0.4 is 15.5 Å². The Morgan fingerprint density at radius 3 is 2.54 bits per heavy atom. The third-order valence-electron chi connectivity index (χ3n) is 7.82. The number of halogens is 1. The Hall–Kier alpha value is -1.26. The first kappa shape index (κ1) is 18.7. The van der Waals surface area contributed by atoms with Gasteiger partial charge in [-0.2, -0.15) is 0 Å². The molecule has 4 nitrogen and oxygen atoms in total. The Morgan fingerprint density at radius 1 is 1.21 bits per heavy atom. The van der Waals surface area contributed by atoms with Crippen LogP contribution in [0.3, 0.4) is 0 Å². The minimum Gasteiger partial charge on any atom is -0.366 e. The molecule has 1 atom stereocenters. The van der Waals surface area contributed by atoms with Crippen LogP contribution in [0.2, 0.25) is 5.02 Å². The molecule has 0 radical (unpaired) electrons. The average molecular weight is 402 g/mol. The Balaban J connectivity index is 1.29. The maximum absolute atomic E-state index is 13.0. The fourth-order valence-electron chi connectivity index (χ4n) is 6.96. The molecule has 152 valence electrons. The van der Waals surface area contributed by atoms with Crippen LogP contribution in [0.15, 0.2) is 18.2 Å². The molecule has 1 saturated heterocycles. The molecule has 4 aliphatic carbocycles. The molecule has 1 heterocycles. The maximum Gasteiger partial charge on any atom is 0.252 e. The van der Waals surface area contributed by atoms with Gasteiger partial charge in [0.25, 0.3) is 5.91 Å². The van der Waals surface area contributed by atoms with Gasteiger partial charge in [-0.3, -0.25) is 4.79 Å². The van der Waals surface area contributed by atoms with Crippen molar-refractivity contribution in [1.82, 2.24) is 10.6 Å². The minimum absolute atomic E-state index is 0.00890. The summed E-state index contributed by atoms with van der Waals surface area (Å²) in [5.41, 5.74) is 2.06. The zero-order valence-corrected chi connectivity index (χ0v) is 17.6. The van der Waals surface area contributed by atoms with E-state index >= 15 is 0 Å². The van der Waals surface area contributed by atoms with Crippen molar-refractivity contribution < 1.29 is 4.79 Å². The van der Waals surface area contributed by atoms with Gasteiger partial charge in [-0.25, -0.2) is 0 Å². The lowest BCUT2D eigenvalue weighted by atomic mass is 9.49. The first-order chi connectivity index (χ1) is 13.5. The van der Waals surface area contributed by atoms with Crippen molar-refractivity contribution in [3.8, 4) is 0 Å². The predicted molar refractivity (Wildman–Crippen MR) is 114 cm³/mol. The van der Waals surface area contributed by atoms with Crippen LogP contribution in [0.25, 0.3) is 0 Å². The molecule has 1 amide bonds. The van der Waals surface area contributed by atoms with E-state index in [1.165, 1.54) is 38.5 Å².